The van der Waals surface area contributed by atoms with Gasteiger partial charge in [-0.3, -0.25) is 4.79 Å². The highest BCUT2D eigenvalue weighted by Crippen LogP contribution is 2.32. The fourth-order valence-electron chi connectivity index (χ4n) is 3.03. The number of likely N-dealkylation sites (tertiary alicyclic amines) is 1. The molecule has 1 saturated heterocycles. The quantitative estimate of drug-likeness (QED) is 0.753. The molecule has 1 amide bonds. The van der Waals surface area contributed by atoms with Gasteiger partial charge in [-0.2, -0.15) is 0 Å². The van der Waals surface area contributed by atoms with Crippen LogP contribution in [0.5, 0.6) is 0 Å². The van der Waals surface area contributed by atoms with Crippen molar-refractivity contribution in [1.82, 2.24) is 4.90 Å². The summed E-state index contributed by atoms with van der Waals surface area (Å²) >= 11 is 0. The molecule has 1 atom stereocenters. The van der Waals surface area contributed by atoms with Crippen molar-refractivity contribution in [2.24, 2.45) is 5.73 Å². The third-order valence-electron chi connectivity index (χ3n) is 4.03. The minimum Gasteiger partial charge on any atom is -0.338 e. The first kappa shape index (κ1) is 10.9. The highest BCUT2D eigenvalue weighted by Gasteiger charge is 2.42. The van der Waals surface area contributed by atoms with Crippen LogP contribution in [-0.2, 0) is 4.79 Å². The lowest BCUT2D eigenvalue weighted by Gasteiger charge is -2.32. The Morgan fingerprint density at radius 2 is 2.07 bits per heavy atom. The van der Waals surface area contributed by atoms with Crippen LogP contribution in [0.4, 0.5) is 0 Å². The second-order valence-corrected chi connectivity index (χ2v) is 5.07. The first-order valence-corrected chi connectivity index (χ1v) is 6.27. The van der Waals surface area contributed by atoms with Gasteiger partial charge in [-0.15, -0.1) is 0 Å². The van der Waals surface area contributed by atoms with Gasteiger partial charge in [0.25, 0.3) is 0 Å². The molecule has 86 valence electrons. The molecule has 1 aliphatic carbocycles. The summed E-state index contributed by atoms with van der Waals surface area (Å²) in [5, 5.41) is 0. The number of rotatable bonds is 2. The molecular formula is C12H22N2O. The summed E-state index contributed by atoms with van der Waals surface area (Å²) in [4.78, 5) is 14.4. The summed E-state index contributed by atoms with van der Waals surface area (Å²) in [5.41, 5.74) is 5.69. The van der Waals surface area contributed by atoms with Gasteiger partial charge in [-0.1, -0.05) is 19.8 Å². The maximum absolute atomic E-state index is 12.3. The van der Waals surface area contributed by atoms with Crippen LogP contribution in [0.3, 0.4) is 0 Å². The Hall–Kier alpha value is -0.570. The molecule has 0 aromatic rings. The Bertz CT molecular complexity index is 246. The highest BCUT2D eigenvalue weighted by molar-refractivity contribution is 5.87. The zero-order valence-corrected chi connectivity index (χ0v) is 9.67. The molecule has 0 bridgehead atoms. The molecular weight excluding hydrogens is 188 g/mol. The summed E-state index contributed by atoms with van der Waals surface area (Å²) < 4.78 is 0. The number of nitrogens with zero attached hydrogens (tertiary/aromatic N) is 1. The molecule has 2 fully saturated rings. The summed E-state index contributed by atoms with van der Waals surface area (Å²) in [6.07, 6.45) is 7.40. The molecule has 3 heteroatoms. The van der Waals surface area contributed by atoms with E-state index in [0.29, 0.717) is 6.04 Å². The third kappa shape index (κ3) is 1.89. The van der Waals surface area contributed by atoms with Crippen molar-refractivity contribution in [3.63, 3.8) is 0 Å². The Balaban J connectivity index is 2.06. The number of nitrogens with two attached hydrogens (primary N) is 1. The van der Waals surface area contributed by atoms with Crippen LogP contribution >= 0.6 is 0 Å². The average molecular weight is 210 g/mol. The van der Waals surface area contributed by atoms with Crippen molar-refractivity contribution in [3.05, 3.63) is 0 Å². The normalized spacial score (nSPS) is 29.7. The predicted octanol–water partition coefficient (Wildman–Crippen LogP) is 1.66. The second kappa shape index (κ2) is 4.12. The van der Waals surface area contributed by atoms with Crippen molar-refractivity contribution < 1.29 is 4.79 Å². The van der Waals surface area contributed by atoms with Gasteiger partial charge in [0.1, 0.15) is 0 Å². The molecule has 2 N–H and O–H groups in total. The largest absolute Gasteiger partial charge is 0.338 e. The maximum Gasteiger partial charge on any atom is 0.242 e. The minimum atomic E-state index is -0.516. The van der Waals surface area contributed by atoms with Crippen molar-refractivity contribution in [2.45, 2.75) is 63.5 Å². The molecule has 0 aromatic carbocycles. The fraction of sp³-hybridized carbons (Fsp3) is 0.917. The number of amides is 1. The molecule has 1 unspecified atom stereocenters. The van der Waals surface area contributed by atoms with Crippen molar-refractivity contribution in [1.29, 1.82) is 0 Å². The van der Waals surface area contributed by atoms with E-state index in [9.17, 15) is 4.79 Å². The van der Waals surface area contributed by atoms with Crippen molar-refractivity contribution in [3.8, 4) is 0 Å². The van der Waals surface area contributed by atoms with Crippen LogP contribution in [0.25, 0.3) is 0 Å². The van der Waals surface area contributed by atoms with Crippen molar-refractivity contribution >= 4 is 5.91 Å². The number of hydrogen-bond acceptors (Lipinski definition) is 2. The second-order valence-electron chi connectivity index (χ2n) is 5.07. The van der Waals surface area contributed by atoms with Crippen LogP contribution in [0, 0.1) is 0 Å². The lowest BCUT2D eigenvalue weighted by atomic mass is 9.96. The first-order chi connectivity index (χ1) is 7.17. The standard InChI is InChI=1S/C12H22N2O/c1-2-10-6-5-9-14(10)11(15)12(13)7-3-4-8-12/h10H,2-9,13H2,1H3. The van der Waals surface area contributed by atoms with Gasteiger partial charge >= 0.3 is 0 Å². The topological polar surface area (TPSA) is 46.3 Å². The van der Waals surface area contributed by atoms with E-state index in [1.54, 1.807) is 0 Å². The van der Waals surface area contributed by atoms with Crippen LogP contribution in [0.15, 0.2) is 0 Å². The SMILES string of the molecule is CCC1CCCN1C(=O)C1(N)CCCC1. The summed E-state index contributed by atoms with van der Waals surface area (Å²) in [6.45, 7) is 3.09. The molecule has 0 radical (unpaired) electrons. The van der Waals surface area contributed by atoms with E-state index < -0.39 is 5.54 Å². The third-order valence-corrected chi connectivity index (χ3v) is 4.03. The molecule has 1 heterocycles. The molecule has 0 aromatic heterocycles. The Morgan fingerprint density at radius 1 is 1.40 bits per heavy atom. The number of carbonyl (C=O) groups is 1. The van der Waals surface area contributed by atoms with Crippen LogP contribution in [-0.4, -0.2) is 28.9 Å². The smallest absolute Gasteiger partial charge is 0.242 e. The van der Waals surface area contributed by atoms with Gasteiger partial charge in [0, 0.05) is 12.6 Å². The molecule has 1 aliphatic heterocycles. The first-order valence-electron chi connectivity index (χ1n) is 6.27. The number of carbonyl (C=O) groups excluding carboxylic acids is 1. The summed E-state index contributed by atoms with van der Waals surface area (Å²) in [6, 6.07) is 0.457. The molecule has 0 spiro atoms. The van der Waals surface area contributed by atoms with E-state index >= 15 is 0 Å². The van der Waals surface area contributed by atoms with Gasteiger partial charge in [0.2, 0.25) is 5.91 Å². The van der Waals surface area contributed by atoms with Gasteiger partial charge in [-0.05, 0) is 32.1 Å². The maximum atomic E-state index is 12.3. The van der Waals surface area contributed by atoms with Crippen LogP contribution < -0.4 is 5.73 Å². The zero-order chi connectivity index (χ0) is 10.9. The van der Waals surface area contributed by atoms with Gasteiger partial charge < -0.3 is 10.6 Å². The Labute approximate surface area is 92.0 Å². The summed E-state index contributed by atoms with van der Waals surface area (Å²) in [5.74, 6) is 0.226. The molecule has 1 saturated carbocycles. The van der Waals surface area contributed by atoms with E-state index in [2.05, 4.69) is 6.92 Å². The fourth-order valence-corrected chi connectivity index (χ4v) is 3.03. The Kier molecular flexibility index (Phi) is 3.01. The van der Waals surface area contributed by atoms with Crippen LogP contribution in [0.2, 0.25) is 0 Å². The Morgan fingerprint density at radius 3 is 2.67 bits per heavy atom. The van der Waals surface area contributed by atoms with Gasteiger partial charge in [0.15, 0.2) is 0 Å². The average Bonchev–Trinajstić information content (AvgIpc) is 2.85. The molecule has 3 nitrogen and oxygen atoms in total. The summed E-state index contributed by atoms with van der Waals surface area (Å²) in [7, 11) is 0. The van der Waals surface area contributed by atoms with Crippen molar-refractivity contribution in [2.75, 3.05) is 6.54 Å². The molecule has 2 aliphatic rings. The van der Waals surface area contributed by atoms with E-state index in [4.69, 9.17) is 5.73 Å². The van der Waals surface area contributed by atoms with Gasteiger partial charge in [-0.25, -0.2) is 0 Å². The van der Waals surface area contributed by atoms with E-state index in [0.717, 1.165) is 45.1 Å². The predicted molar refractivity (Wildman–Crippen MR) is 60.4 cm³/mol. The van der Waals surface area contributed by atoms with E-state index in [-0.39, 0.29) is 5.91 Å². The van der Waals surface area contributed by atoms with E-state index in [1.807, 2.05) is 4.90 Å². The highest BCUT2D eigenvalue weighted by atomic mass is 16.2. The zero-order valence-electron chi connectivity index (χ0n) is 9.67. The molecule has 2 rings (SSSR count). The molecule has 15 heavy (non-hydrogen) atoms. The van der Waals surface area contributed by atoms with E-state index in [1.165, 1.54) is 6.42 Å². The lowest BCUT2D eigenvalue weighted by molar-refractivity contribution is -0.137. The monoisotopic (exact) mass is 210 g/mol. The minimum absolute atomic E-state index is 0.226. The number of hydrogen-bond donors (Lipinski definition) is 1. The lowest BCUT2D eigenvalue weighted by Crippen LogP contribution is -2.54. The van der Waals surface area contributed by atoms with Crippen LogP contribution in [0.1, 0.15) is 51.9 Å². The van der Waals surface area contributed by atoms with Gasteiger partial charge in [0.05, 0.1) is 5.54 Å².